The molecule has 8 atom stereocenters. The average Bonchev–Trinajstić information content (AvgIpc) is 3.59. The molecule has 0 unspecified atom stereocenters. The summed E-state index contributed by atoms with van der Waals surface area (Å²) in [5, 5.41) is 55.6. The number of nitrogens with one attached hydrogen (secondary N) is 1. The molecule has 0 spiro atoms. The molecule has 0 bridgehead atoms. The van der Waals surface area contributed by atoms with Crippen LogP contribution in [0.3, 0.4) is 0 Å². The Morgan fingerprint density at radius 2 is 1.85 bits per heavy atom. The van der Waals surface area contributed by atoms with E-state index < -0.39 is 29.2 Å². The van der Waals surface area contributed by atoms with Crippen molar-refractivity contribution in [1.29, 1.82) is 0 Å². The standard InChI is InChI=1S/C37H57N3O6/c1-2-3-5-9-26-13-14-29(33(42)21-26)10-6-4-7-12-31(35(43)44)32(41)15-17-36(45)23-28(20-27-16-19-40-34(38)22-27)24-37(36,46)25-30-11-8-18-39-30/h8,11,13-14,16,18-19,22,26,28-29,31-33,39,41-42,45-46H,2-7,9-10,12,15,17,20-21,23-25H2,1H3,(H2,38,40)(H,43,44)/t26-,28+,29-,31+,32-,33-,36+,37-/m1/s1. The second-order valence-corrected chi connectivity index (χ2v) is 14.3. The van der Waals surface area contributed by atoms with Gasteiger partial charge in [-0.1, -0.05) is 57.6 Å². The Morgan fingerprint density at radius 3 is 2.54 bits per heavy atom. The van der Waals surface area contributed by atoms with Crippen molar-refractivity contribution in [2.75, 3.05) is 5.73 Å². The number of pyridine rings is 1. The second kappa shape index (κ2) is 16.9. The van der Waals surface area contributed by atoms with Crippen LogP contribution in [0.25, 0.3) is 0 Å². The van der Waals surface area contributed by atoms with E-state index in [9.17, 15) is 30.3 Å². The summed E-state index contributed by atoms with van der Waals surface area (Å²) in [6, 6.07) is 7.42. The van der Waals surface area contributed by atoms with E-state index in [-0.39, 0.29) is 37.2 Å². The van der Waals surface area contributed by atoms with Gasteiger partial charge in [-0.15, -0.1) is 0 Å². The normalized spacial score (nSPS) is 29.2. The van der Waals surface area contributed by atoms with Crippen molar-refractivity contribution in [2.24, 2.45) is 23.7 Å². The minimum Gasteiger partial charge on any atom is -0.481 e. The average molecular weight is 640 g/mol. The lowest BCUT2D eigenvalue weighted by Crippen LogP contribution is -2.52. The van der Waals surface area contributed by atoms with Gasteiger partial charge in [-0.2, -0.15) is 0 Å². The molecule has 0 radical (unpaired) electrons. The van der Waals surface area contributed by atoms with E-state index >= 15 is 0 Å². The smallest absolute Gasteiger partial charge is 0.309 e. The van der Waals surface area contributed by atoms with Gasteiger partial charge in [0.15, 0.2) is 0 Å². The van der Waals surface area contributed by atoms with Crippen LogP contribution in [0.2, 0.25) is 0 Å². The zero-order valence-electron chi connectivity index (χ0n) is 27.6. The van der Waals surface area contributed by atoms with Crippen molar-refractivity contribution in [3.05, 3.63) is 60.1 Å². The van der Waals surface area contributed by atoms with Crippen LogP contribution in [0.15, 0.2) is 48.8 Å². The molecule has 8 N–H and O–H groups in total. The van der Waals surface area contributed by atoms with Crippen LogP contribution in [-0.4, -0.2) is 64.9 Å². The molecule has 46 heavy (non-hydrogen) atoms. The van der Waals surface area contributed by atoms with E-state index in [4.69, 9.17) is 5.73 Å². The predicted octanol–water partition coefficient (Wildman–Crippen LogP) is 5.58. The molecular formula is C37H57N3O6. The highest BCUT2D eigenvalue weighted by Gasteiger charge is 2.56. The summed E-state index contributed by atoms with van der Waals surface area (Å²) < 4.78 is 0. The number of hydrogen-bond donors (Lipinski definition) is 7. The number of carboxylic acid groups (broad SMARTS) is 1. The molecule has 2 heterocycles. The molecule has 0 aliphatic heterocycles. The number of carbonyl (C=O) groups is 1. The second-order valence-electron chi connectivity index (χ2n) is 14.3. The predicted molar refractivity (Wildman–Crippen MR) is 180 cm³/mol. The highest BCUT2D eigenvalue weighted by atomic mass is 16.4. The summed E-state index contributed by atoms with van der Waals surface area (Å²) >= 11 is 0. The molecule has 2 aliphatic rings. The van der Waals surface area contributed by atoms with Gasteiger partial charge in [-0.05, 0) is 99.5 Å². The molecule has 2 aromatic heterocycles. The largest absolute Gasteiger partial charge is 0.481 e. The number of anilines is 1. The van der Waals surface area contributed by atoms with Crippen LogP contribution in [0.5, 0.6) is 0 Å². The van der Waals surface area contributed by atoms with Gasteiger partial charge in [0.1, 0.15) is 5.82 Å². The Morgan fingerprint density at radius 1 is 1.07 bits per heavy atom. The van der Waals surface area contributed by atoms with Crippen molar-refractivity contribution in [2.45, 2.75) is 133 Å². The van der Waals surface area contributed by atoms with Crippen molar-refractivity contribution >= 4 is 11.8 Å². The first-order valence-corrected chi connectivity index (χ1v) is 17.6. The number of aliphatic hydroxyl groups excluding tert-OH is 2. The zero-order chi connectivity index (χ0) is 33.2. The molecule has 2 aliphatic carbocycles. The Kier molecular flexibility index (Phi) is 13.3. The number of rotatable bonds is 19. The Labute approximate surface area is 274 Å². The number of nitrogens with two attached hydrogens (primary N) is 1. The van der Waals surface area contributed by atoms with Gasteiger partial charge in [0.2, 0.25) is 0 Å². The van der Waals surface area contributed by atoms with E-state index in [1.807, 2.05) is 24.3 Å². The quantitative estimate of drug-likeness (QED) is 0.0771. The molecule has 0 saturated heterocycles. The van der Waals surface area contributed by atoms with Crippen molar-refractivity contribution in [1.82, 2.24) is 9.97 Å². The fourth-order valence-electron chi connectivity index (χ4n) is 8.01. The van der Waals surface area contributed by atoms with Gasteiger partial charge in [0, 0.05) is 30.4 Å². The summed E-state index contributed by atoms with van der Waals surface area (Å²) in [7, 11) is 0. The van der Waals surface area contributed by atoms with Crippen molar-refractivity contribution in [3.8, 4) is 0 Å². The lowest BCUT2D eigenvalue weighted by Gasteiger charge is -2.39. The highest BCUT2D eigenvalue weighted by Crippen LogP contribution is 2.49. The van der Waals surface area contributed by atoms with Crippen LogP contribution >= 0.6 is 0 Å². The number of aliphatic carboxylic acids is 1. The molecule has 1 saturated carbocycles. The summed E-state index contributed by atoms with van der Waals surface area (Å²) in [5.74, 6) is -0.968. The summed E-state index contributed by atoms with van der Waals surface area (Å²) in [6.07, 6.45) is 17.4. The van der Waals surface area contributed by atoms with Crippen LogP contribution in [-0.2, 0) is 17.6 Å². The third-order valence-corrected chi connectivity index (χ3v) is 10.7. The lowest BCUT2D eigenvalue weighted by atomic mass is 9.77. The molecule has 256 valence electrons. The molecule has 0 amide bonds. The van der Waals surface area contributed by atoms with Crippen LogP contribution in [0, 0.1) is 23.7 Å². The van der Waals surface area contributed by atoms with Crippen LogP contribution in [0.1, 0.15) is 108 Å². The fourth-order valence-corrected chi connectivity index (χ4v) is 8.01. The number of carboxylic acids is 1. The van der Waals surface area contributed by atoms with Gasteiger partial charge >= 0.3 is 5.97 Å². The number of allylic oxidation sites excluding steroid dienone is 1. The maximum atomic E-state index is 12.2. The van der Waals surface area contributed by atoms with E-state index in [0.29, 0.717) is 43.8 Å². The molecule has 1 fully saturated rings. The van der Waals surface area contributed by atoms with E-state index in [0.717, 1.165) is 43.4 Å². The first-order valence-electron chi connectivity index (χ1n) is 17.6. The van der Waals surface area contributed by atoms with E-state index in [2.05, 4.69) is 29.0 Å². The molecule has 2 aromatic rings. The molecule has 9 nitrogen and oxygen atoms in total. The topological polar surface area (TPSA) is 173 Å². The third kappa shape index (κ3) is 9.89. The summed E-state index contributed by atoms with van der Waals surface area (Å²) in [4.78, 5) is 19.4. The Hall–Kier alpha value is -2.72. The Balaban J connectivity index is 1.28. The number of nitrogen functional groups attached to an aromatic ring is 1. The zero-order valence-corrected chi connectivity index (χ0v) is 27.6. The van der Waals surface area contributed by atoms with Crippen LogP contribution < -0.4 is 5.73 Å². The number of aliphatic hydroxyl groups is 4. The van der Waals surface area contributed by atoms with Gasteiger partial charge in [-0.25, -0.2) is 4.98 Å². The minimum absolute atomic E-state index is 0.0244. The summed E-state index contributed by atoms with van der Waals surface area (Å²) in [6.45, 7) is 2.20. The van der Waals surface area contributed by atoms with Gasteiger partial charge in [-0.3, -0.25) is 4.79 Å². The fraction of sp³-hybridized carbons (Fsp3) is 0.676. The Bertz CT molecular complexity index is 1240. The lowest BCUT2D eigenvalue weighted by molar-refractivity contribution is -0.150. The monoisotopic (exact) mass is 639 g/mol. The van der Waals surface area contributed by atoms with Gasteiger partial charge in [0.25, 0.3) is 0 Å². The summed E-state index contributed by atoms with van der Waals surface area (Å²) in [5.41, 5.74) is 4.73. The number of nitrogens with zero attached hydrogens (tertiary/aromatic N) is 1. The van der Waals surface area contributed by atoms with Gasteiger partial charge < -0.3 is 36.3 Å². The molecule has 9 heteroatoms. The van der Waals surface area contributed by atoms with Crippen molar-refractivity contribution < 1.29 is 30.3 Å². The van der Waals surface area contributed by atoms with Crippen LogP contribution in [0.4, 0.5) is 5.82 Å². The number of H-pyrrole nitrogens is 1. The molecular weight excluding hydrogens is 582 g/mol. The first-order chi connectivity index (χ1) is 22.0. The number of unbranched alkanes of at least 4 members (excludes halogenated alkanes) is 4. The first kappa shape index (κ1) is 36.1. The highest BCUT2D eigenvalue weighted by molar-refractivity contribution is 5.70. The van der Waals surface area contributed by atoms with Gasteiger partial charge in [0.05, 0.1) is 29.3 Å². The number of aromatic nitrogens is 2. The maximum Gasteiger partial charge on any atom is 0.309 e. The van der Waals surface area contributed by atoms with E-state index in [1.165, 1.54) is 19.3 Å². The SMILES string of the molecule is CCCCC[C@@H]1C=C[C@@H](CCCCC[C@H](C(=O)O)[C@H](O)CC[C@]2(O)C[C@H](Cc3ccnc(N)c3)C[C@@]2(O)Cc2ccc[nH]2)[C@H](O)C1. The maximum absolute atomic E-state index is 12.2. The third-order valence-electron chi connectivity index (χ3n) is 10.7. The van der Waals surface area contributed by atoms with E-state index in [1.54, 1.807) is 12.4 Å². The van der Waals surface area contributed by atoms with Crippen molar-refractivity contribution in [3.63, 3.8) is 0 Å². The molecule has 4 rings (SSSR count). The number of hydrogen-bond acceptors (Lipinski definition) is 7. The minimum atomic E-state index is -1.49. The number of aromatic amines is 1. The molecule has 0 aromatic carbocycles.